The van der Waals surface area contributed by atoms with Gasteiger partial charge in [-0.1, -0.05) is 43.6 Å². The van der Waals surface area contributed by atoms with Crippen LogP contribution in [0.4, 0.5) is 0 Å². The molecule has 0 aromatic heterocycles. The van der Waals surface area contributed by atoms with Crippen molar-refractivity contribution >= 4 is 6.29 Å². The molecule has 0 fully saturated rings. The summed E-state index contributed by atoms with van der Waals surface area (Å²) in [6, 6.07) is 0. The number of aldehydes is 1. The second-order valence-corrected chi connectivity index (χ2v) is 3.79. The minimum absolute atomic E-state index is 0.739. The molecule has 0 bridgehead atoms. The maximum absolute atomic E-state index is 10.1. The van der Waals surface area contributed by atoms with E-state index in [2.05, 4.69) is 24.3 Å². The van der Waals surface area contributed by atoms with E-state index in [1.54, 1.807) is 0 Å². The van der Waals surface area contributed by atoms with Gasteiger partial charge in [-0.3, -0.25) is 0 Å². The summed E-state index contributed by atoms with van der Waals surface area (Å²) in [4.78, 5) is 10.1. The van der Waals surface area contributed by atoms with Crippen molar-refractivity contribution in [1.82, 2.24) is 0 Å². The van der Waals surface area contributed by atoms with Crippen LogP contribution in [0, 0.1) is 0 Å². The molecule has 0 amide bonds. The van der Waals surface area contributed by atoms with E-state index in [1.165, 1.54) is 32.1 Å². The fraction of sp³-hybridized carbons (Fsp3) is 0.643. The highest BCUT2D eigenvalue weighted by atomic mass is 16.1. The third-order valence-corrected chi connectivity index (χ3v) is 2.37. The van der Waals surface area contributed by atoms with Crippen molar-refractivity contribution in [2.24, 2.45) is 0 Å². The molecule has 0 saturated carbocycles. The molecule has 0 spiro atoms. The van der Waals surface area contributed by atoms with Crippen LogP contribution in [0.15, 0.2) is 24.3 Å². The number of hydrogen-bond donors (Lipinski definition) is 0. The monoisotopic (exact) mass is 208 g/mol. The van der Waals surface area contributed by atoms with Crippen LogP contribution in [-0.2, 0) is 4.79 Å². The van der Waals surface area contributed by atoms with Gasteiger partial charge >= 0.3 is 0 Å². The Morgan fingerprint density at radius 2 is 1.47 bits per heavy atom. The highest BCUT2D eigenvalue weighted by Gasteiger charge is 1.88. The van der Waals surface area contributed by atoms with Crippen LogP contribution < -0.4 is 0 Å². The van der Waals surface area contributed by atoms with E-state index in [4.69, 9.17) is 0 Å². The maximum Gasteiger partial charge on any atom is 0.119 e. The quantitative estimate of drug-likeness (QED) is 0.295. The summed E-state index contributed by atoms with van der Waals surface area (Å²) in [5.41, 5.74) is 0. The molecule has 0 saturated heterocycles. The normalized spacial score (nSPS) is 11.5. The Hall–Kier alpha value is -0.850. The minimum Gasteiger partial charge on any atom is -0.303 e. The SMILES string of the molecule is C/C=C/C/C=C/CCCCCCCC=O. The Bertz CT molecular complexity index is 180. The van der Waals surface area contributed by atoms with Crippen molar-refractivity contribution < 1.29 is 4.79 Å². The molecule has 86 valence electrons. The fourth-order valence-electron chi connectivity index (χ4n) is 1.45. The molecule has 0 aliphatic carbocycles. The number of carbonyl (C=O) groups excluding carboxylic acids is 1. The minimum atomic E-state index is 0.739. The topological polar surface area (TPSA) is 17.1 Å². The zero-order valence-corrected chi connectivity index (χ0v) is 9.95. The first-order chi connectivity index (χ1) is 7.41. The summed E-state index contributed by atoms with van der Waals surface area (Å²) >= 11 is 0. The van der Waals surface area contributed by atoms with E-state index >= 15 is 0 Å². The zero-order chi connectivity index (χ0) is 11.2. The lowest BCUT2D eigenvalue weighted by atomic mass is 10.1. The molecule has 0 radical (unpaired) electrons. The summed E-state index contributed by atoms with van der Waals surface area (Å²) in [6.45, 7) is 2.05. The van der Waals surface area contributed by atoms with E-state index in [9.17, 15) is 4.79 Å². The van der Waals surface area contributed by atoms with Crippen molar-refractivity contribution in [2.45, 2.75) is 58.3 Å². The molecule has 0 aliphatic heterocycles. The lowest BCUT2D eigenvalue weighted by molar-refractivity contribution is -0.107. The fourth-order valence-corrected chi connectivity index (χ4v) is 1.45. The van der Waals surface area contributed by atoms with Gasteiger partial charge in [0, 0.05) is 6.42 Å². The van der Waals surface area contributed by atoms with Gasteiger partial charge < -0.3 is 4.79 Å². The molecule has 0 heterocycles. The summed E-state index contributed by atoms with van der Waals surface area (Å²) in [7, 11) is 0. The first-order valence-corrected chi connectivity index (χ1v) is 6.11. The Morgan fingerprint density at radius 3 is 2.13 bits per heavy atom. The highest BCUT2D eigenvalue weighted by molar-refractivity contribution is 5.48. The number of carbonyl (C=O) groups is 1. The average Bonchev–Trinajstić information content (AvgIpc) is 2.26. The van der Waals surface area contributed by atoms with Crippen LogP contribution >= 0.6 is 0 Å². The van der Waals surface area contributed by atoms with E-state index in [-0.39, 0.29) is 0 Å². The molecular formula is C14H24O. The molecule has 1 nitrogen and oxygen atoms in total. The van der Waals surface area contributed by atoms with Crippen molar-refractivity contribution in [3.8, 4) is 0 Å². The number of allylic oxidation sites excluding steroid dienone is 4. The zero-order valence-electron chi connectivity index (χ0n) is 9.95. The van der Waals surface area contributed by atoms with Gasteiger partial charge in [-0.2, -0.15) is 0 Å². The van der Waals surface area contributed by atoms with Gasteiger partial charge in [0.05, 0.1) is 0 Å². The number of hydrogen-bond acceptors (Lipinski definition) is 1. The molecule has 0 rings (SSSR count). The predicted molar refractivity (Wildman–Crippen MR) is 67.0 cm³/mol. The first-order valence-electron chi connectivity index (χ1n) is 6.11. The Morgan fingerprint density at radius 1 is 0.800 bits per heavy atom. The molecule has 1 heteroatoms. The van der Waals surface area contributed by atoms with E-state index < -0.39 is 0 Å². The largest absolute Gasteiger partial charge is 0.303 e. The molecule has 15 heavy (non-hydrogen) atoms. The van der Waals surface area contributed by atoms with Gasteiger partial charge in [-0.05, 0) is 32.6 Å². The third-order valence-electron chi connectivity index (χ3n) is 2.37. The van der Waals surface area contributed by atoms with Gasteiger partial charge in [-0.25, -0.2) is 0 Å². The van der Waals surface area contributed by atoms with Gasteiger partial charge in [0.25, 0.3) is 0 Å². The molecule has 0 aromatic rings. The Balaban J connectivity index is 3.04. The standard InChI is InChI=1S/C14H24O/c1-2-3-4-5-6-7-8-9-10-11-12-13-14-15/h2-3,5-6,14H,4,7-13H2,1H3/b3-2+,6-5+. The molecule has 0 aromatic carbocycles. The van der Waals surface area contributed by atoms with Crippen molar-refractivity contribution in [2.75, 3.05) is 0 Å². The summed E-state index contributed by atoms with van der Waals surface area (Å²) < 4.78 is 0. The van der Waals surface area contributed by atoms with Gasteiger partial charge in [0.1, 0.15) is 6.29 Å². The third kappa shape index (κ3) is 13.2. The maximum atomic E-state index is 10.1. The second-order valence-electron chi connectivity index (χ2n) is 3.79. The lowest BCUT2D eigenvalue weighted by Crippen LogP contribution is -1.80. The van der Waals surface area contributed by atoms with Crippen LogP contribution in [-0.4, -0.2) is 6.29 Å². The molecule has 0 aliphatic rings. The predicted octanol–water partition coefficient (Wildman–Crippen LogP) is 4.44. The van der Waals surface area contributed by atoms with Crippen LogP contribution in [0.3, 0.4) is 0 Å². The molecule has 0 N–H and O–H groups in total. The van der Waals surface area contributed by atoms with Crippen molar-refractivity contribution in [1.29, 1.82) is 0 Å². The smallest absolute Gasteiger partial charge is 0.119 e. The van der Waals surface area contributed by atoms with Crippen molar-refractivity contribution in [3.63, 3.8) is 0 Å². The van der Waals surface area contributed by atoms with E-state index in [0.717, 1.165) is 25.5 Å². The lowest BCUT2D eigenvalue weighted by Gasteiger charge is -1.97. The Labute approximate surface area is 94.3 Å². The summed E-state index contributed by atoms with van der Waals surface area (Å²) in [5, 5.41) is 0. The molecule has 0 atom stereocenters. The van der Waals surface area contributed by atoms with Gasteiger partial charge in [-0.15, -0.1) is 0 Å². The molecule has 0 unspecified atom stereocenters. The summed E-state index contributed by atoms with van der Waals surface area (Å²) in [6.07, 6.45) is 18.9. The summed E-state index contributed by atoms with van der Waals surface area (Å²) in [5.74, 6) is 0. The van der Waals surface area contributed by atoms with Crippen LogP contribution in [0.1, 0.15) is 58.3 Å². The number of rotatable bonds is 10. The van der Waals surface area contributed by atoms with Crippen LogP contribution in [0.5, 0.6) is 0 Å². The molecular weight excluding hydrogens is 184 g/mol. The van der Waals surface area contributed by atoms with Gasteiger partial charge in [0.2, 0.25) is 0 Å². The second kappa shape index (κ2) is 13.2. The van der Waals surface area contributed by atoms with E-state index in [1.807, 2.05) is 6.92 Å². The van der Waals surface area contributed by atoms with Crippen LogP contribution in [0.25, 0.3) is 0 Å². The van der Waals surface area contributed by atoms with Crippen LogP contribution in [0.2, 0.25) is 0 Å². The number of unbranched alkanes of at least 4 members (excludes halogenated alkanes) is 6. The van der Waals surface area contributed by atoms with Crippen molar-refractivity contribution in [3.05, 3.63) is 24.3 Å². The first kappa shape index (κ1) is 14.2. The average molecular weight is 208 g/mol. The van der Waals surface area contributed by atoms with Gasteiger partial charge in [0.15, 0.2) is 0 Å². The Kier molecular flexibility index (Phi) is 12.4. The van der Waals surface area contributed by atoms with E-state index in [0.29, 0.717) is 0 Å². The highest BCUT2D eigenvalue weighted by Crippen LogP contribution is 2.06.